The van der Waals surface area contributed by atoms with Crippen molar-refractivity contribution in [3.63, 3.8) is 0 Å². The Bertz CT molecular complexity index is 413. The van der Waals surface area contributed by atoms with Gasteiger partial charge in [-0.05, 0) is 24.1 Å². The van der Waals surface area contributed by atoms with Gasteiger partial charge in [-0.2, -0.15) is 0 Å². The summed E-state index contributed by atoms with van der Waals surface area (Å²) in [5.74, 6) is -0.271. The van der Waals surface area contributed by atoms with Gasteiger partial charge in [0.2, 0.25) is 5.91 Å². The molecule has 0 radical (unpaired) electrons. The van der Waals surface area contributed by atoms with E-state index in [0.717, 1.165) is 6.42 Å². The molecule has 4 nitrogen and oxygen atoms in total. The molecule has 1 rings (SSSR count). The van der Waals surface area contributed by atoms with Gasteiger partial charge in [-0.3, -0.25) is 4.79 Å². The molecule has 0 aromatic heterocycles. The number of carbonyl (C=O) groups excluding carboxylic acids is 1. The number of nitrogens with two attached hydrogens (primary N) is 1. The highest BCUT2D eigenvalue weighted by atomic mass is 35.5. The van der Waals surface area contributed by atoms with Gasteiger partial charge in [0, 0.05) is 5.02 Å². The summed E-state index contributed by atoms with van der Waals surface area (Å²) >= 11 is 5.78. The second-order valence-corrected chi connectivity index (χ2v) is 4.50. The van der Waals surface area contributed by atoms with Crippen molar-refractivity contribution in [1.82, 2.24) is 0 Å². The van der Waals surface area contributed by atoms with Crippen molar-refractivity contribution in [3.8, 4) is 5.75 Å². The van der Waals surface area contributed by atoms with Crippen molar-refractivity contribution < 1.29 is 9.90 Å². The maximum absolute atomic E-state index is 11.8. The van der Waals surface area contributed by atoms with Gasteiger partial charge in [-0.1, -0.05) is 31.9 Å². The molecule has 102 valence electrons. The molecule has 0 spiro atoms. The molecule has 4 N–H and O–H groups in total. The van der Waals surface area contributed by atoms with Crippen molar-refractivity contribution in [3.05, 3.63) is 23.2 Å². The molecule has 6 heteroatoms. The molecule has 0 saturated heterocycles. The maximum Gasteiger partial charge on any atom is 0.241 e. The average molecular weight is 293 g/mol. The van der Waals surface area contributed by atoms with Gasteiger partial charge in [0.15, 0.2) is 0 Å². The van der Waals surface area contributed by atoms with Crippen molar-refractivity contribution in [2.24, 2.45) is 11.7 Å². The SMILES string of the molecule is CCC(C)C(N)C(=O)Nc1cc(Cl)ccc1O.Cl. The normalized spacial score (nSPS) is 13.3. The van der Waals surface area contributed by atoms with Crippen LogP contribution in [0.2, 0.25) is 5.02 Å². The first-order chi connectivity index (χ1) is 7.95. The fourth-order valence-corrected chi connectivity index (χ4v) is 1.51. The number of aromatic hydroxyl groups is 1. The Morgan fingerprint density at radius 1 is 1.56 bits per heavy atom. The summed E-state index contributed by atoms with van der Waals surface area (Å²) in [6, 6.07) is 3.85. The lowest BCUT2D eigenvalue weighted by molar-refractivity contribution is -0.118. The zero-order valence-electron chi connectivity index (χ0n) is 10.3. The summed E-state index contributed by atoms with van der Waals surface area (Å²) in [5.41, 5.74) is 6.06. The van der Waals surface area contributed by atoms with Crippen LogP contribution in [-0.4, -0.2) is 17.1 Å². The molecule has 1 aromatic carbocycles. The number of rotatable bonds is 4. The third kappa shape index (κ3) is 4.37. The zero-order chi connectivity index (χ0) is 13.0. The monoisotopic (exact) mass is 292 g/mol. The van der Waals surface area contributed by atoms with Gasteiger partial charge in [-0.25, -0.2) is 0 Å². The van der Waals surface area contributed by atoms with E-state index in [1.54, 1.807) is 6.07 Å². The predicted octanol–water partition coefficient (Wildman–Crippen LogP) is 2.78. The topological polar surface area (TPSA) is 75.4 Å². The molecule has 0 aliphatic rings. The minimum absolute atomic E-state index is 0. The Balaban J connectivity index is 0.00000289. The highest BCUT2D eigenvalue weighted by molar-refractivity contribution is 6.31. The lowest BCUT2D eigenvalue weighted by Crippen LogP contribution is -2.40. The number of halogens is 2. The van der Waals surface area contributed by atoms with Crippen LogP contribution in [-0.2, 0) is 4.79 Å². The summed E-state index contributed by atoms with van der Waals surface area (Å²) in [7, 11) is 0. The maximum atomic E-state index is 11.8. The van der Waals surface area contributed by atoms with Crippen LogP contribution in [0.3, 0.4) is 0 Å². The molecule has 0 bridgehead atoms. The molecule has 0 aliphatic heterocycles. The van der Waals surface area contributed by atoms with Crippen molar-refractivity contribution >= 4 is 35.6 Å². The van der Waals surface area contributed by atoms with E-state index in [-0.39, 0.29) is 35.7 Å². The second-order valence-electron chi connectivity index (χ2n) is 4.06. The van der Waals surface area contributed by atoms with E-state index in [2.05, 4.69) is 5.32 Å². The van der Waals surface area contributed by atoms with Crippen LogP contribution in [0.25, 0.3) is 0 Å². The first-order valence-corrected chi connectivity index (χ1v) is 5.88. The van der Waals surface area contributed by atoms with E-state index < -0.39 is 6.04 Å². The Kier molecular flexibility index (Phi) is 7.06. The van der Waals surface area contributed by atoms with Crippen LogP contribution < -0.4 is 11.1 Å². The molecular formula is C12H18Cl2N2O2. The van der Waals surface area contributed by atoms with Crippen molar-refractivity contribution in [1.29, 1.82) is 0 Å². The number of nitrogens with one attached hydrogen (secondary N) is 1. The molecule has 0 saturated carbocycles. The minimum atomic E-state index is -0.599. The number of benzene rings is 1. The van der Waals surface area contributed by atoms with Crippen LogP contribution >= 0.6 is 24.0 Å². The lowest BCUT2D eigenvalue weighted by Gasteiger charge is -2.18. The van der Waals surface area contributed by atoms with E-state index in [0.29, 0.717) is 5.02 Å². The molecule has 2 unspecified atom stereocenters. The standard InChI is InChI=1S/C12H17ClN2O2.ClH/c1-3-7(2)11(14)12(17)15-9-6-8(13)4-5-10(9)16;/h4-7,11,16H,3,14H2,1-2H3,(H,15,17);1H. The van der Waals surface area contributed by atoms with E-state index in [1.807, 2.05) is 13.8 Å². The largest absolute Gasteiger partial charge is 0.506 e. The lowest BCUT2D eigenvalue weighted by atomic mass is 9.99. The third-order valence-electron chi connectivity index (χ3n) is 2.78. The second kappa shape index (κ2) is 7.46. The summed E-state index contributed by atoms with van der Waals surface area (Å²) in [4.78, 5) is 11.8. The molecule has 0 fully saturated rings. The van der Waals surface area contributed by atoms with Crippen molar-refractivity contribution in [2.75, 3.05) is 5.32 Å². The Morgan fingerprint density at radius 3 is 2.72 bits per heavy atom. The van der Waals surface area contributed by atoms with Gasteiger partial charge in [-0.15, -0.1) is 12.4 Å². The molecule has 1 amide bonds. The number of phenolic OH excluding ortho intramolecular Hbond substituents is 1. The van der Waals surface area contributed by atoms with Gasteiger partial charge in [0.05, 0.1) is 11.7 Å². The molecule has 18 heavy (non-hydrogen) atoms. The van der Waals surface area contributed by atoms with Crippen LogP contribution in [0.4, 0.5) is 5.69 Å². The van der Waals surface area contributed by atoms with Crippen LogP contribution in [0, 0.1) is 5.92 Å². The fourth-order valence-electron chi connectivity index (χ4n) is 1.34. The number of amides is 1. The van der Waals surface area contributed by atoms with Gasteiger partial charge >= 0.3 is 0 Å². The average Bonchev–Trinajstić information content (AvgIpc) is 2.31. The minimum Gasteiger partial charge on any atom is -0.506 e. The highest BCUT2D eigenvalue weighted by Gasteiger charge is 2.20. The number of anilines is 1. The number of hydrogen-bond donors (Lipinski definition) is 3. The third-order valence-corrected chi connectivity index (χ3v) is 3.01. The summed E-state index contributed by atoms with van der Waals surface area (Å²) in [5, 5.41) is 12.6. The molecule has 1 aromatic rings. The fraction of sp³-hybridized carbons (Fsp3) is 0.417. The van der Waals surface area contributed by atoms with Gasteiger partial charge in [0.25, 0.3) is 0 Å². The van der Waals surface area contributed by atoms with E-state index >= 15 is 0 Å². The van der Waals surface area contributed by atoms with Gasteiger partial charge < -0.3 is 16.2 Å². The first-order valence-electron chi connectivity index (χ1n) is 5.50. The molecule has 0 heterocycles. The Labute approximate surface area is 118 Å². The quantitative estimate of drug-likeness (QED) is 0.747. The van der Waals surface area contributed by atoms with Crippen molar-refractivity contribution in [2.45, 2.75) is 26.3 Å². The van der Waals surface area contributed by atoms with Gasteiger partial charge in [0.1, 0.15) is 5.75 Å². The molecule has 2 atom stereocenters. The Morgan fingerprint density at radius 2 is 2.17 bits per heavy atom. The zero-order valence-corrected chi connectivity index (χ0v) is 11.9. The number of phenols is 1. The number of carbonyl (C=O) groups is 1. The summed E-state index contributed by atoms with van der Waals surface area (Å²) in [6.45, 7) is 3.87. The first kappa shape index (κ1) is 17.0. The smallest absolute Gasteiger partial charge is 0.241 e. The Hall–Kier alpha value is -0.970. The van der Waals surface area contributed by atoms with Crippen LogP contribution in [0.15, 0.2) is 18.2 Å². The summed E-state index contributed by atoms with van der Waals surface area (Å²) in [6.07, 6.45) is 0.816. The van der Waals surface area contributed by atoms with E-state index in [4.69, 9.17) is 17.3 Å². The van der Waals surface area contributed by atoms with Crippen LogP contribution in [0.1, 0.15) is 20.3 Å². The van der Waals surface area contributed by atoms with E-state index in [9.17, 15) is 9.90 Å². The summed E-state index contributed by atoms with van der Waals surface area (Å²) < 4.78 is 0. The number of hydrogen-bond acceptors (Lipinski definition) is 3. The highest BCUT2D eigenvalue weighted by Crippen LogP contribution is 2.26. The molecule has 0 aliphatic carbocycles. The van der Waals surface area contributed by atoms with E-state index in [1.165, 1.54) is 12.1 Å². The predicted molar refractivity (Wildman–Crippen MR) is 76.4 cm³/mol. The van der Waals surface area contributed by atoms with Crippen LogP contribution in [0.5, 0.6) is 5.75 Å². The molecular weight excluding hydrogens is 275 g/mol.